The fourth-order valence-corrected chi connectivity index (χ4v) is 3.48. The first-order valence-corrected chi connectivity index (χ1v) is 7.88. The minimum Gasteiger partial charge on any atom is -0.354 e. The summed E-state index contributed by atoms with van der Waals surface area (Å²) in [5.74, 6) is 0. The van der Waals surface area contributed by atoms with Crippen LogP contribution in [0.3, 0.4) is 0 Å². The van der Waals surface area contributed by atoms with Gasteiger partial charge in [-0.05, 0) is 48.9 Å². The first-order valence-electron chi connectivity index (χ1n) is 7.88. The number of aromatic nitrogens is 2. The largest absolute Gasteiger partial charge is 0.354 e. The van der Waals surface area contributed by atoms with Gasteiger partial charge >= 0.3 is 0 Å². The van der Waals surface area contributed by atoms with Gasteiger partial charge in [-0.2, -0.15) is 0 Å². The third-order valence-corrected chi connectivity index (χ3v) is 4.60. The smallest absolute Gasteiger partial charge is 0.0549 e. The van der Waals surface area contributed by atoms with E-state index in [9.17, 15) is 0 Å². The maximum absolute atomic E-state index is 3.54. The second-order valence-corrected chi connectivity index (χ2v) is 6.15. The van der Waals surface area contributed by atoms with E-state index in [1.54, 1.807) is 0 Å². The molecule has 5 aromatic rings. The van der Waals surface area contributed by atoms with Crippen LogP contribution < -0.4 is 0 Å². The minimum absolute atomic E-state index is 1.19. The first kappa shape index (κ1) is 12.5. The van der Waals surface area contributed by atoms with Crippen LogP contribution in [-0.4, -0.2) is 9.55 Å². The number of nitrogens with one attached hydrogen (secondary N) is 1. The van der Waals surface area contributed by atoms with Crippen LogP contribution in [0.25, 0.3) is 38.4 Å². The van der Waals surface area contributed by atoms with Crippen molar-refractivity contribution in [2.75, 3.05) is 0 Å². The SMILES string of the molecule is Cc1cccc(-n2ccc3cc4c(cc32)[nH]c2ccccc24)c1. The Morgan fingerprint density at radius 1 is 0.783 bits per heavy atom. The highest BCUT2D eigenvalue weighted by atomic mass is 15.0. The predicted octanol–water partition coefficient (Wildman–Crippen LogP) is 5.57. The van der Waals surface area contributed by atoms with E-state index < -0.39 is 0 Å². The maximum atomic E-state index is 3.54. The van der Waals surface area contributed by atoms with Crippen LogP contribution in [0.4, 0.5) is 0 Å². The number of aryl methyl sites for hydroxylation is 1. The zero-order valence-electron chi connectivity index (χ0n) is 12.9. The Morgan fingerprint density at radius 3 is 2.61 bits per heavy atom. The standard InChI is InChI=1S/C21H16N2/c1-14-5-4-6-16(11-14)23-10-9-15-12-18-17-7-2-3-8-19(17)22-20(18)13-21(15)23/h2-13,22H,1H3. The van der Waals surface area contributed by atoms with Gasteiger partial charge in [-0.15, -0.1) is 0 Å². The van der Waals surface area contributed by atoms with Crippen LogP contribution in [0.15, 0.2) is 72.9 Å². The third kappa shape index (κ3) is 1.82. The van der Waals surface area contributed by atoms with Crippen LogP contribution in [0.5, 0.6) is 0 Å². The van der Waals surface area contributed by atoms with E-state index >= 15 is 0 Å². The van der Waals surface area contributed by atoms with Gasteiger partial charge in [0.25, 0.3) is 0 Å². The predicted molar refractivity (Wildman–Crippen MR) is 97.4 cm³/mol. The van der Waals surface area contributed by atoms with E-state index in [1.807, 2.05) is 0 Å². The molecule has 0 fully saturated rings. The number of hydrogen-bond donors (Lipinski definition) is 1. The number of nitrogens with zero attached hydrogens (tertiary/aromatic N) is 1. The van der Waals surface area contributed by atoms with Gasteiger partial charge in [-0.25, -0.2) is 0 Å². The Bertz CT molecular complexity index is 1170. The van der Waals surface area contributed by atoms with Crippen molar-refractivity contribution in [3.8, 4) is 5.69 Å². The number of para-hydroxylation sites is 1. The average molecular weight is 296 g/mol. The molecule has 5 rings (SSSR count). The molecule has 0 aliphatic heterocycles. The van der Waals surface area contributed by atoms with Crippen LogP contribution in [0.1, 0.15) is 5.56 Å². The topological polar surface area (TPSA) is 20.7 Å². The van der Waals surface area contributed by atoms with Crippen LogP contribution in [0.2, 0.25) is 0 Å². The van der Waals surface area contributed by atoms with E-state index in [-0.39, 0.29) is 0 Å². The third-order valence-electron chi connectivity index (χ3n) is 4.60. The molecule has 0 unspecified atom stereocenters. The van der Waals surface area contributed by atoms with Crippen molar-refractivity contribution in [3.63, 3.8) is 0 Å². The number of aromatic amines is 1. The molecule has 0 aliphatic carbocycles. The molecule has 110 valence electrons. The average Bonchev–Trinajstić information content (AvgIpc) is 3.13. The Kier molecular flexibility index (Phi) is 2.45. The lowest BCUT2D eigenvalue weighted by Crippen LogP contribution is -1.91. The fourth-order valence-electron chi connectivity index (χ4n) is 3.48. The van der Waals surface area contributed by atoms with Gasteiger partial charge in [0.05, 0.1) is 5.52 Å². The van der Waals surface area contributed by atoms with E-state index in [2.05, 4.69) is 89.4 Å². The molecule has 1 N–H and O–H groups in total. The van der Waals surface area contributed by atoms with Crippen molar-refractivity contribution >= 4 is 32.7 Å². The molecule has 0 saturated heterocycles. The van der Waals surface area contributed by atoms with E-state index in [4.69, 9.17) is 0 Å². The highest BCUT2D eigenvalue weighted by Crippen LogP contribution is 2.31. The molecule has 0 atom stereocenters. The lowest BCUT2D eigenvalue weighted by Gasteiger charge is -2.06. The van der Waals surface area contributed by atoms with E-state index in [0.29, 0.717) is 0 Å². The number of hydrogen-bond acceptors (Lipinski definition) is 0. The lowest BCUT2D eigenvalue weighted by atomic mass is 10.1. The van der Waals surface area contributed by atoms with Crippen LogP contribution >= 0.6 is 0 Å². The molecule has 23 heavy (non-hydrogen) atoms. The summed E-state index contributed by atoms with van der Waals surface area (Å²) in [5.41, 5.74) is 6.09. The fraction of sp³-hybridized carbons (Fsp3) is 0.0476. The molecule has 2 heterocycles. The first-order chi connectivity index (χ1) is 11.3. The second kappa shape index (κ2) is 4.50. The molecule has 2 aromatic heterocycles. The summed E-state index contributed by atoms with van der Waals surface area (Å²) < 4.78 is 2.26. The molecule has 0 radical (unpaired) electrons. The van der Waals surface area contributed by atoms with E-state index in [0.717, 1.165) is 0 Å². The van der Waals surface area contributed by atoms with Crippen LogP contribution in [0, 0.1) is 6.92 Å². The van der Waals surface area contributed by atoms with Crippen molar-refractivity contribution < 1.29 is 0 Å². The summed E-state index contributed by atoms with van der Waals surface area (Å²) in [4.78, 5) is 3.54. The molecule has 0 bridgehead atoms. The van der Waals surface area contributed by atoms with Gasteiger partial charge < -0.3 is 9.55 Å². The summed E-state index contributed by atoms with van der Waals surface area (Å²) in [6.45, 7) is 2.13. The van der Waals surface area contributed by atoms with Gasteiger partial charge in [0.1, 0.15) is 0 Å². The number of H-pyrrole nitrogens is 1. The molecule has 0 spiro atoms. The molecule has 2 heteroatoms. The lowest BCUT2D eigenvalue weighted by molar-refractivity contribution is 1.12. The Hall–Kier alpha value is -3.00. The molecule has 3 aromatic carbocycles. The highest BCUT2D eigenvalue weighted by molar-refractivity contribution is 6.11. The van der Waals surface area contributed by atoms with Gasteiger partial charge in [0.2, 0.25) is 0 Å². The number of fused-ring (bicyclic) bond motifs is 4. The maximum Gasteiger partial charge on any atom is 0.0549 e. The van der Waals surface area contributed by atoms with Crippen molar-refractivity contribution in [3.05, 3.63) is 78.5 Å². The molecule has 0 aliphatic rings. The Labute approximate surface area is 134 Å². The molecule has 2 nitrogen and oxygen atoms in total. The van der Waals surface area contributed by atoms with Gasteiger partial charge in [-0.1, -0.05) is 30.3 Å². The zero-order valence-corrected chi connectivity index (χ0v) is 12.9. The monoisotopic (exact) mass is 296 g/mol. The summed E-state index contributed by atoms with van der Waals surface area (Å²) in [5, 5.41) is 3.84. The Morgan fingerprint density at radius 2 is 1.70 bits per heavy atom. The van der Waals surface area contributed by atoms with Crippen molar-refractivity contribution in [2.45, 2.75) is 6.92 Å². The van der Waals surface area contributed by atoms with Crippen molar-refractivity contribution in [1.82, 2.24) is 9.55 Å². The van der Waals surface area contributed by atoms with Gasteiger partial charge in [0, 0.05) is 39.1 Å². The van der Waals surface area contributed by atoms with Gasteiger partial charge in [-0.3, -0.25) is 0 Å². The Balaban J connectivity index is 1.85. The van der Waals surface area contributed by atoms with Gasteiger partial charge in [0.15, 0.2) is 0 Å². The van der Waals surface area contributed by atoms with E-state index in [1.165, 1.54) is 44.0 Å². The van der Waals surface area contributed by atoms with Crippen molar-refractivity contribution in [1.29, 1.82) is 0 Å². The molecule has 0 saturated carbocycles. The number of rotatable bonds is 1. The summed E-state index contributed by atoms with van der Waals surface area (Å²) in [6, 6.07) is 23.8. The zero-order chi connectivity index (χ0) is 15.4. The quantitative estimate of drug-likeness (QED) is 0.417. The molecule has 0 amide bonds. The number of benzene rings is 3. The highest BCUT2D eigenvalue weighted by Gasteiger charge is 2.09. The van der Waals surface area contributed by atoms with Crippen LogP contribution in [-0.2, 0) is 0 Å². The van der Waals surface area contributed by atoms with Crippen molar-refractivity contribution in [2.24, 2.45) is 0 Å². The molecular formula is C21H16N2. The summed E-state index contributed by atoms with van der Waals surface area (Å²) >= 11 is 0. The summed E-state index contributed by atoms with van der Waals surface area (Å²) in [7, 11) is 0. The molecular weight excluding hydrogens is 280 g/mol. The second-order valence-electron chi connectivity index (χ2n) is 6.15. The summed E-state index contributed by atoms with van der Waals surface area (Å²) in [6.07, 6.45) is 2.15. The minimum atomic E-state index is 1.19. The normalized spacial score (nSPS) is 11.7.